The Labute approximate surface area is 148 Å². The second kappa shape index (κ2) is 5.35. The molecular formula is C20H14N4O2. The largest absolute Gasteiger partial charge is 0.436 e. The Bertz CT molecular complexity index is 1200. The second-order valence-electron chi connectivity index (χ2n) is 6.07. The number of nitrogen functional groups attached to an aromatic ring is 2. The SMILES string of the molecule is Nc1ccc(-c2nc3cc4oc(-c5cccc(N)c5)nc4cc3o2)cc1. The zero-order valence-corrected chi connectivity index (χ0v) is 13.6. The van der Waals surface area contributed by atoms with Crippen LogP contribution in [0.5, 0.6) is 0 Å². The van der Waals surface area contributed by atoms with Gasteiger partial charge in [0.1, 0.15) is 11.0 Å². The monoisotopic (exact) mass is 342 g/mol. The molecular weight excluding hydrogens is 328 g/mol. The maximum absolute atomic E-state index is 5.88. The quantitative estimate of drug-likeness (QED) is 0.459. The second-order valence-corrected chi connectivity index (χ2v) is 6.07. The Morgan fingerprint density at radius 2 is 1.23 bits per heavy atom. The summed E-state index contributed by atoms with van der Waals surface area (Å²) in [4.78, 5) is 9.08. The van der Waals surface area contributed by atoms with Crippen molar-refractivity contribution in [3.05, 3.63) is 60.7 Å². The van der Waals surface area contributed by atoms with Gasteiger partial charge in [0.05, 0.1) is 0 Å². The summed E-state index contributed by atoms with van der Waals surface area (Å²) < 4.78 is 11.8. The van der Waals surface area contributed by atoms with Crippen molar-refractivity contribution in [2.75, 3.05) is 11.5 Å². The molecule has 0 saturated heterocycles. The summed E-state index contributed by atoms with van der Waals surface area (Å²) in [5.41, 5.74) is 17.3. The molecule has 5 rings (SSSR count). The first-order valence-corrected chi connectivity index (χ1v) is 8.09. The molecule has 0 spiro atoms. The fourth-order valence-electron chi connectivity index (χ4n) is 2.89. The molecule has 0 saturated carbocycles. The zero-order chi connectivity index (χ0) is 17.7. The molecule has 6 nitrogen and oxygen atoms in total. The third-order valence-electron chi connectivity index (χ3n) is 4.19. The van der Waals surface area contributed by atoms with Crippen LogP contribution in [-0.4, -0.2) is 9.97 Å². The lowest BCUT2D eigenvalue weighted by Gasteiger charge is -1.96. The van der Waals surface area contributed by atoms with Gasteiger partial charge in [-0.2, -0.15) is 0 Å². The zero-order valence-electron chi connectivity index (χ0n) is 13.6. The van der Waals surface area contributed by atoms with Crippen molar-refractivity contribution in [3.63, 3.8) is 0 Å². The van der Waals surface area contributed by atoms with Crippen LogP contribution in [0.4, 0.5) is 11.4 Å². The molecule has 0 aliphatic rings. The molecule has 3 aromatic carbocycles. The van der Waals surface area contributed by atoms with E-state index in [9.17, 15) is 0 Å². The van der Waals surface area contributed by atoms with E-state index in [0.717, 1.165) is 11.1 Å². The maximum atomic E-state index is 5.88. The van der Waals surface area contributed by atoms with Gasteiger partial charge in [-0.3, -0.25) is 0 Å². The van der Waals surface area contributed by atoms with E-state index in [1.807, 2.05) is 60.7 Å². The molecule has 6 heteroatoms. The third-order valence-corrected chi connectivity index (χ3v) is 4.19. The number of nitrogens with two attached hydrogens (primary N) is 2. The van der Waals surface area contributed by atoms with Crippen LogP contribution in [-0.2, 0) is 0 Å². The minimum atomic E-state index is 0.513. The van der Waals surface area contributed by atoms with Crippen molar-refractivity contribution in [3.8, 4) is 22.9 Å². The lowest BCUT2D eigenvalue weighted by molar-refractivity contribution is 0.618. The van der Waals surface area contributed by atoms with Gasteiger partial charge >= 0.3 is 0 Å². The summed E-state index contributed by atoms with van der Waals surface area (Å²) in [6.07, 6.45) is 0. The number of benzene rings is 3. The highest BCUT2D eigenvalue weighted by Gasteiger charge is 2.14. The van der Waals surface area contributed by atoms with Gasteiger partial charge in [0.2, 0.25) is 11.8 Å². The summed E-state index contributed by atoms with van der Waals surface area (Å²) in [6.45, 7) is 0. The van der Waals surface area contributed by atoms with E-state index in [-0.39, 0.29) is 0 Å². The van der Waals surface area contributed by atoms with E-state index in [2.05, 4.69) is 9.97 Å². The first-order chi connectivity index (χ1) is 12.7. The highest BCUT2D eigenvalue weighted by molar-refractivity contribution is 5.91. The van der Waals surface area contributed by atoms with E-state index < -0.39 is 0 Å². The van der Waals surface area contributed by atoms with Gasteiger partial charge in [0, 0.05) is 34.6 Å². The Balaban J connectivity index is 1.61. The highest BCUT2D eigenvalue weighted by Crippen LogP contribution is 2.31. The molecule has 0 radical (unpaired) electrons. The number of anilines is 2. The first kappa shape index (κ1) is 14.5. The summed E-state index contributed by atoms with van der Waals surface area (Å²) >= 11 is 0. The molecule has 0 atom stereocenters. The molecule has 2 aromatic heterocycles. The number of nitrogens with zero attached hydrogens (tertiary/aromatic N) is 2. The van der Waals surface area contributed by atoms with Gasteiger partial charge in [0.25, 0.3) is 0 Å². The predicted molar refractivity (Wildman–Crippen MR) is 101 cm³/mol. The van der Waals surface area contributed by atoms with Crippen LogP contribution in [0, 0.1) is 0 Å². The normalized spacial score (nSPS) is 11.4. The standard InChI is InChI=1S/C20H14N4O2/c21-13-6-4-11(5-7-13)19-23-15-9-18-16(10-17(15)25-19)24-20(26-18)12-2-1-3-14(22)8-12/h1-10H,21-22H2. The number of hydrogen-bond acceptors (Lipinski definition) is 6. The van der Waals surface area contributed by atoms with Crippen LogP contribution in [0.15, 0.2) is 69.5 Å². The van der Waals surface area contributed by atoms with Gasteiger partial charge < -0.3 is 20.3 Å². The Hall–Kier alpha value is -3.80. The fraction of sp³-hybridized carbons (Fsp3) is 0. The summed E-state index contributed by atoms with van der Waals surface area (Å²) in [6, 6.07) is 18.5. The van der Waals surface area contributed by atoms with Crippen molar-refractivity contribution >= 4 is 33.6 Å². The van der Waals surface area contributed by atoms with Crippen LogP contribution in [0.25, 0.3) is 45.1 Å². The van der Waals surface area contributed by atoms with Crippen molar-refractivity contribution in [2.24, 2.45) is 0 Å². The van der Waals surface area contributed by atoms with E-state index in [0.29, 0.717) is 45.4 Å². The molecule has 26 heavy (non-hydrogen) atoms. The Morgan fingerprint density at radius 3 is 1.85 bits per heavy atom. The summed E-state index contributed by atoms with van der Waals surface area (Å²) in [7, 11) is 0. The number of oxazole rings is 2. The molecule has 5 aromatic rings. The van der Waals surface area contributed by atoms with Gasteiger partial charge in [0.15, 0.2) is 11.2 Å². The smallest absolute Gasteiger partial charge is 0.227 e. The number of rotatable bonds is 2. The van der Waals surface area contributed by atoms with E-state index in [1.165, 1.54) is 0 Å². The molecule has 0 bridgehead atoms. The first-order valence-electron chi connectivity index (χ1n) is 8.09. The van der Waals surface area contributed by atoms with E-state index in [1.54, 1.807) is 0 Å². The average Bonchev–Trinajstić information content (AvgIpc) is 3.23. The molecule has 0 amide bonds. The van der Waals surface area contributed by atoms with Crippen LogP contribution in [0.1, 0.15) is 0 Å². The average molecular weight is 342 g/mol. The van der Waals surface area contributed by atoms with Crippen LogP contribution < -0.4 is 11.5 Å². The van der Waals surface area contributed by atoms with E-state index >= 15 is 0 Å². The van der Waals surface area contributed by atoms with Gasteiger partial charge in [-0.25, -0.2) is 9.97 Å². The van der Waals surface area contributed by atoms with Crippen LogP contribution in [0.2, 0.25) is 0 Å². The molecule has 0 unspecified atom stereocenters. The van der Waals surface area contributed by atoms with Gasteiger partial charge in [-0.05, 0) is 42.5 Å². The van der Waals surface area contributed by atoms with Crippen molar-refractivity contribution < 1.29 is 8.83 Å². The molecule has 0 aliphatic carbocycles. The third kappa shape index (κ3) is 2.36. The topological polar surface area (TPSA) is 104 Å². The Morgan fingerprint density at radius 1 is 0.615 bits per heavy atom. The Kier molecular flexibility index (Phi) is 2.99. The van der Waals surface area contributed by atoms with Crippen LogP contribution >= 0.6 is 0 Å². The minimum absolute atomic E-state index is 0.513. The molecule has 0 aliphatic heterocycles. The number of fused-ring (bicyclic) bond motifs is 2. The lowest BCUT2D eigenvalue weighted by atomic mass is 10.2. The van der Waals surface area contributed by atoms with Crippen molar-refractivity contribution in [1.82, 2.24) is 9.97 Å². The van der Waals surface area contributed by atoms with E-state index in [4.69, 9.17) is 20.3 Å². The highest BCUT2D eigenvalue weighted by atomic mass is 16.4. The summed E-state index contributed by atoms with van der Waals surface area (Å²) in [5.74, 6) is 1.04. The lowest BCUT2D eigenvalue weighted by Crippen LogP contribution is -1.84. The molecule has 126 valence electrons. The minimum Gasteiger partial charge on any atom is -0.436 e. The van der Waals surface area contributed by atoms with Crippen LogP contribution in [0.3, 0.4) is 0 Å². The summed E-state index contributed by atoms with van der Waals surface area (Å²) in [5, 5.41) is 0. The molecule has 4 N–H and O–H groups in total. The maximum Gasteiger partial charge on any atom is 0.227 e. The fourth-order valence-corrected chi connectivity index (χ4v) is 2.89. The van der Waals surface area contributed by atoms with Crippen molar-refractivity contribution in [1.29, 1.82) is 0 Å². The van der Waals surface area contributed by atoms with Gasteiger partial charge in [-0.1, -0.05) is 6.07 Å². The van der Waals surface area contributed by atoms with Crippen molar-refractivity contribution in [2.45, 2.75) is 0 Å². The number of hydrogen-bond donors (Lipinski definition) is 2. The number of aromatic nitrogens is 2. The van der Waals surface area contributed by atoms with Gasteiger partial charge in [-0.15, -0.1) is 0 Å². The molecule has 0 fully saturated rings. The predicted octanol–water partition coefficient (Wildman–Crippen LogP) is 4.47. The molecule has 2 heterocycles.